The SMILES string of the molecule is CO[Si](CCCSCCCCCCCCCCC(=O)NCCN(C)C)(OC)OC. The summed E-state index contributed by atoms with van der Waals surface area (Å²) in [6.07, 6.45) is 11.8. The molecule has 0 fully saturated rings. The summed E-state index contributed by atoms with van der Waals surface area (Å²) in [5.74, 6) is 2.59. The van der Waals surface area contributed by atoms with Crippen molar-refractivity contribution in [1.29, 1.82) is 0 Å². The van der Waals surface area contributed by atoms with Crippen LogP contribution in [0, 0.1) is 0 Å². The van der Waals surface area contributed by atoms with E-state index in [9.17, 15) is 4.79 Å². The maximum atomic E-state index is 11.7. The number of carbonyl (C=O) groups is 1. The number of rotatable bonds is 21. The van der Waals surface area contributed by atoms with Gasteiger partial charge in [-0.15, -0.1) is 0 Å². The monoisotopic (exact) mass is 450 g/mol. The molecule has 0 aromatic carbocycles. The topological polar surface area (TPSA) is 60.0 Å². The Labute approximate surface area is 185 Å². The summed E-state index contributed by atoms with van der Waals surface area (Å²) in [6.45, 7) is 1.65. The highest BCUT2D eigenvalue weighted by atomic mass is 32.2. The third kappa shape index (κ3) is 17.3. The molecule has 29 heavy (non-hydrogen) atoms. The predicted octanol–water partition coefficient (Wildman–Crippen LogP) is 4.18. The predicted molar refractivity (Wildman–Crippen MR) is 127 cm³/mol. The van der Waals surface area contributed by atoms with Gasteiger partial charge in [-0.1, -0.05) is 38.5 Å². The first-order valence-corrected chi connectivity index (χ1v) is 14.2. The molecule has 0 aliphatic rings. The molecule has 0 saturated carbocycles. The van der Waals surface area contributed by atoms with Gasteiger partial charge in [0.15, 0.2) is 0 Å². The van der Waals surface area contributed by atoms with Crippen LogP contribution in [0.2, 0.25) is 6.04 Å². The van der Waals surface area contributed by atoms with E-state index in [0.717, 1.165) is 37.7 Å². The molecule has 0 aromatic heterocycles. The first kappa shape index (κ1) is 28.9. The van der Waals surface area contributed by atoms with Crippen LogP contribution in [0.15, 0.2) is 0 Å². The van der Waals surface area contributed by atoms with Gasteiger partial charge in [-0.3, -0.25) is 4.79 Å². The van der Waals surface area contributed by atoms with Crippen molar-refractivity contribution in [2.24, 2.45) is 0 Å². The third-order valence-corrected chi connectivity index (χ3v) is 9.02. The summed E-state index contributed by atoms with van der Waals surface area (Å²) in [6, 6.07) is 0.890. The zero-order valence-electron chi connectivity index (χ0n) is 19.6. The summed E-state index contributed by atoms with van der Waals surface area (Å²) < 4.78 is 16.3. The van der Waals surface area contributed by atoms with Crippen molar-refractivity contribution in [3.63, 3.8) is 0 Å². The van der Waals surface area contributed by atoms with E-state index in [2.05, 4.69) is 10.2 Å². The van der Waals surface area contributed by atoms with Gasteiger partial charge in [0, 0.05) is 46.9 Å². The molecule has 6 nitrogen and oxygen atoms in total. The molecule has 174 valence electrons. The molecule has 0 heterocycles. The second-order valence-corrected chi connectivity index (χ2v) is 12.1. The Morgan fingerprint density at radius 1 is 0.828 bits per heavy atom. The van der Waals surface area contributed by atoms with Crippen LogP contribution in [0.25, 0.3) is 0 Å². The number of nitrogens with one attached hydrogen (secondary N) is 1. The Morgan fingerprint density at radius 3 is 1.90 bits per heavy atom. The minimum atomic E-state index is -2.37. The maximum Gasteiger partial charge on any atom is 0.500 e. The van der Waals surface area contributed by atoms with E-state index in [4.69, 9.17) is 13.3 Å². The van der Waals surface area contributed by atoms with Crippen molar-refractivity contribution in [2.45, 2.75) is 70.3 Å². The molecule has 1 N–H and O–H groups in total. The smallest absolute Gasteiger partial charge is 0.377 e. The van der Waals surface area contributed by atoms with Crippen LogP contribution < -0.4 is 5.32 Å². The molecular weight excluding hydrogens is 404 g/mol. The van der Waals surface area contributed by atoms with Gasteiger partial charge in [0.2, 0.25) is 5.91 Å². The number of likely N-dealkylation sites (N-methyl/N-ethyl adjacent to an activating group) is 1. The number of amides is 1. The molecule has 0 saturated heterocycles. The fraction of sp³-hybridized carbons (Fsp3) is 0.952. The summed E-state index contributed by atoms with van der Waals surface area (Å²) in [7, 11) is 6.70. The van der Waals surface area contributed by atoms with E-state index >= 15 is 0 Å². The van der Waals surface area contributed by atoms with Gasteiger partial charge in [0.05, 0.1) is 0 Å². The van der Waals surface area contributed by atoms with Crippen LogP contribution in [-0.2, 0) is 18.1 Å². The number of unbranched alkanes of at least 4 members (excludes halogenated alkanes) is 7. The highest BCUT2D eigenvalue weighted by Gasteiger charge is 2.36. The minimum Gasteiger partial charge on any atom is -0.377 e. The number of thioether (sulfide) groups is 1. The lowest BCUT2D eigenvalue weighted by molar-refractivity contribution is -0.121. The number of nitrogens with zero attached hydrogens (tertiary/aromatic N) is 1. The van der Waals surface area contributed by atoms with E-state index in [1.54, 1.807) is 21.3 Å². The molecule has 8 heteroatoms. The summed E-state index contributed by atoms with van der Waals surface area (Å²) >= 11 is 2.03. The van der Waals surface area contributed by atoms with Crippen LogP contribution in [0.5, 0.6) is 0 Å². The lowest BCUT2D eigenvalue weighted by Crippen LogP contribution is -2.42. The van der Waals surface area contributed by atoms with Crippen molar-refractivity contribution in [3.05, 3.63) is 0 Å². The molecule has 0 aliphatic carbocycles. The standard InChI is InChI=1S/C21H46N2O4SSi/c1-23(2)17-16-22-21(24)15-12-10-8-6-7-9-11-13-18-28-19-14-20-29(25-3,26-4)27-5/h6-20H2,1-5H3,(H,22,24). The zero-order valence-corrected chi connectivity index (χ0v) is 21.4. The minimum absolute atomic E-state index is 0.198. The second kappa shape index (κ2) is 19.8. The van der Waals surface area contributed by atoms with Crippen molar-refractivity contribution >= 4 is 26.5 Å². The molecule has 0 atom stereocenters. The number of hydrogen-bond donors (Lipinski definition) is 1. The summed E-state index contributed by atoms with van der Waals surface area (Å²) in [5.41, 5.74) is 0. The molecule has 0 spiro atoms. The quantitative estimate of drug-likeness (QED) is 0.209. The lowest BCUT2D eigenvalue weighted by Gasteiger charge is -2.24. The average Bonchev–Trinajstić information content (AvgIpc) is 2.71. The van der Waals surface area contributed by atoms with Crippen molar-refractivity contribution < 1.29 is 18.1 Å². The zero-order chi connectivity index (χ0) is 21.8. The van der Waals surface area contributed by atoms with E-state index in [1.165, 1.54) is 50.7 Å². The van der Waals surface area contributed by atoms with Gasteiger partial charge in [0.25, 0.3) is 0 Å². The van der Waals surface area contributed by atoms with Crippen molar-refractivity contribution in [3.8, 4) is 0 Å². The van der Waals surface area contributed by atoms with Gasteiger partial charge < -0.3 is 23.5 Å². The van der Waals surface area contributed by atoms with Crippen LogP contribution in [0.3, 0.4) is 0 Å². The van der Waals surface area contributed by atoms with Crippen LogP contribution >= 0.6 is 11.8 Å². The average molecular weight is 451 g/mol. The van der Waals surface area contributed by atoms with E-state index < -0.39 is 8.80 Å². The largest absolute Gasteiger partial charge is 0.500 e. The Morgan fingerprint density at radius 2 is 1.34 bits per heavy atom. The lowest BCUT2D eigenvalue weighted by atomic mass is 10.1. The summed E-state index contributed by atoms with van der Waals surface area (Å²) in [4.78, 5) is 13.8. The van der Waals surface area contributed by atoms with Crippen LogP contribution in [-0.4, -0.2) is 79.6 Å². The number of carbonyl (C=O) groups excluding carboxylic acids is 1. The van der Waals surface area contributed by atoms with Gasteiger partial charge >= 0.3 is 8.80 Å². The first-order chi connectivity index (χ1) is 14.0. The third-order valence-electron chi connectivity index (χ3n) is 5.03. The fourth-order valence-corrected chi connectivity index (χ4v) is 6.05. The fourth-order valence-electron chi connectivity index (χ4n) is 3.11. The van der Waals surface area contributed by atoms with Gasteiger partial charge in [-0.25, -0.2) is 0 Å². The summed E-state index contributed by atoms with van der Waals surface area (Å²) in [5, 5.41) is 2.97. The second-order valence-electron chi connectivity index (χ2n) is 7.74. The Balaban J connectivity index is 3.31. The molecule has 0 aromatic rings. The van der Waals surface area contributed by atoms with Crippen LogP contribution in [0.4, 0.5) is 0 Å². The van der Waals surface area contributed by atoms with E-state index in [-0.39, 0.29) is 5.91 Å². The molecule has 1 amide bonds. The Hall–Kier alpha value is -0.123. The Kier molecular flexibility index (Phi) is 19.7. The van der Waals surface area contributed by atoms with Crippen molar-refractivity contribution in [1.82, 2.24) is 10.2 Å². The molecule has 0 bridgehead atoms. The highest BCUT2D eigenvalue weighted by Crippen LogP contribution is 2.18. The van der Waals surface area contributed by atoms with Crippen LogP contribution in [0.1, 0.15) is 64.2 Å². The molecular formula is C21H46N2O4SSi. The normalized spacial score (nSPS) is 11.9. The van der Waals surface area contributed by atoms with E-state index in [0.29, 0.717) is 6.42 Å². The Bertz CT molecular complexity index is 377. The van der Waals surface area contributed by atoms with Crippen molar-refractivity contribution in [2.75, 3.05) is 60.0 Å². The molecule has 0 aliphatic heterocycles. The van der Waals surface area contributed by atoms with Gasteiger partial charge in [0.1, 0.15) is 0 Å². The van der Waals surface area contributed by atoms with E-state index in [1.807, 2.05) is 25.9 Å². The maximum absolute atomic E-state index is 11.7. The van der Waals surface area contributed by atoms with Gasteiger partial charge in [-0.05, 0) is 44.9 Å². The number of hydrogen-bond acceptors (Lipinski definition) is 6. The molecule has 0 unspecified atom stereocenters. The molecule has 0 radical (unpaired) electrons. The first-order valence-electron chi connectivity index (χ1n) is 11.1. The highest BCUT2D eigenvalue weighted by molar-refractivity contribution is 7.99. The van der Waals surface area contributed by atoms with Gasteiger partial charge in [-0.2, -0.15) is 11.8 Å². The molecule has 0 rings (SSSR count).